The largest absolute Gasteiger partial charge is 0.348 e. The molecule has 1 aromatic heterocycles. The highest BCUT2D eigenvalue weighted by Gasteiger charge is 2.09. The summed E-state index contributed by atoms with van der Waals surface area (Å²) in [6.45, 7) is 1.85. The van der Waals surface area contributed by atoms with Gasteiger partial charge in [0, 0.05) is 11.8 Å². The number of pyridine rings is 1. The number of nitrogens with one attached hydrogen (secondary N) is 1. The lowest BCUT2D eigenvalue weighted by atomic mass is 10.0. The second-order valence-electron chi connectivity index (χ2n) is 4.49. The van der Waals surface area contributed by atoms with Crippen molar-refractivity contribution in [3.8, 4) is 11.1 Å². The minimum absolute atomic E-state index is 0.0358. The second kappa shape index (κ2) is 6.25. The van der Waals surface area contributed by atoms with Crippen LogP contribution in [0.25, 0.3) is 11.1 Å². The van der Waals surface area contributed by atoms with Gasteiger partial charge in [-0.15, -0.1) is 0 Å². The van der Waals surface area contributed by atoms with Crippen molar-refractivity contribution in [2.75, 3.05) is 6.54 Å². The lowest BCUT2D eigenvalue weighted by Gasteiger charge is -2.14. The van der Waals surface area contributed by atoms with Gasteiger partial charge in [-0.25, -0.2) is 4.98 Å². The maximum absolute atomic E-state index is 12.8. The molecule has 0 spiro atoms. The Balaban J connectivity index is 2.23. The van der Waals surface area contributed by atoms with Gasteiger partial charge in [0.25, 0.3) is 0 Å². The van der Waals surface area contributed by atoms with Crippen molar-refractivity contribution in [3.05, 3.63) is 54.1 Å². The zero-order valence-electron chi connectivity index (χ0n) is 11.1. The highest BCUT2D eigenvalue weighted by atomic mass is 19.1. The number of carbonyl (C=O) groups is 1. The van der Waals surface area contributed by atoms with Crippen LogP contribution in [-0.4, -0.2) is 17.4 Å². The smallest absolute Gasteiger partial charge is 0.234 e. The number of benzene rings is 1. The van der Waals surface area contributed by atoms with Crippen molar-refractivity contribution < 1.29 is 9.18 Å². The van der Waals surface area contributed by atoms with Gasteiger partial charge in [-0.1, -0.05) is 18.2 Å². The Morgan fingerprint density at radius 1 is 1.35 bits per heavy atom. The predicted octanol–water partition coefficient (Wildman–Crippen LogP) is 2.02. The Bertz CT molecular complexity index is 598. The number of nitrogens with zero attached hydrogens (tertiary/aromatic N) is 1. The first-order chi connectivity index (χ1) is 9.60. The quantitative estimate of drug-likeness (QED) is 0.837. The number of hydrogen-bond acceptors (Lipinski definition) is 3. The molecule has 1 unspecified atom stereocenters. The number of amides is 1. The van der Waals surface area contributed by atoms with Crippen molar-refractivity contribution in [1.82, 2.24) is 10.3 Å². The lowest BCUT2D eigenvalue weighted by Crippen LogP contribution is -2.32. The fourth-order valence-corrected chi connectivity index (χ4v) is 1.92. The van der Waals surface area contributed by atoms with Crippen molar-refractivity contribution in [3.63, 3.8) is 0 Å². The number of aromatic nitrogens is 1. The van der Waals surface area contributed by atoms with E-state index in [2.05, 4.69) is 10.3 Å². The average molecular weight is 273 g/mol. The third-order valence-electron chi connectivity index (χ3n) is 3.01. The van der Waals surface area contributed by atoms with Gasteiger partial charge in [-0.05, 0) is 36.2 Å². The van der Waals surface area contributed by atoms with Crippen LogP contribution in [0.15, 0.2) is 42.6 Å². The molecule has 0 aliphatic carbocycles. The van der Waals surface area contributed by atoms with Gasteiger partial charge in [0.1, 0.15) is 0 Å². The van der Waals surface area contributed by atoms with Gasteiger partial charge in [0.2, 0.25) is 11.9 Å². The van der Waals surface area contributed by atoms with E-state index < -0.39 is 5.95 Å². The van der Waals surface area contributed by atoms with E-state index in [0.29, 0.717) is 0 Å². The van der Waals surface area contributed by atoms with Gasteiger partial charge in [-0.3, -0.25) is 4.79 Å². The van der Waals surface area contributed by atoms with Crippen LogP contribution in [0.4, 0.5) is 4.39 Å². The standard InChI is InChI=1S/C15H16FN3O/c1-10(19-15(20)8-17)11-3-2-4-12(7-11)13-5-6-14(16)18-9-13/h2-7,9-10H,8,17H2,1H3,(H,19,20). The van der Waals surface area contributed by atoms with Gasteiger partial charge in [-0.2, -0.15) is 4.39 Å². The van der Waals surface area contributed by atoms with Crippen LogP contribution in [0.3, 0.4) is 0 Å². The summed E-state index contributed by atoms with van der Waals surface area (Å²) in [4.78, 5) is 14.9. The Kier molecular flexibility index (Phi) is 4.42. The molecule has 104 valence electrons. The third kappa shape index (κ3) is 3.39. The first-order valence-electron chi connectivity index (χ1n) is 6.31. The number of rotatable bonds is 4. The van der Waals surface area contributed by atoms with E-state index in [1.54, 1.807) is 6.07 Å². The maximum Gasteiger partial charge on any atom is 0.234 e. The molecular formula is C15H16FN3O. The number of carbonyl (C=O) groups excluding carboxylic acids is 1. The predicted molar refractivity (Wildman–Crippen MR) is 75.2 cm³/mol. The van der Waals surface area contributed by atoms with Crippen LogP contribution < -0.4 is 11.1 Å². The molecule has 1 heterocycles. The van der Waals surface area contributed by atoms with Gasteiger partial charge < -0.3 is 11.1 Å². The van der Waals surface area contributed by atoms with Gasteiger partial charge >= 0.3 is 0 Å². The summed E-state index contributed by atoms with van der Waals surface area (Å²) < 4.78 is 12.8. The molecule has 1 amide bonds. The van der Waals surface area contributed by atoms with Crippen LogP contribution in [0, 0.1) is 5.95 Å². The molecule has 1 atom stereocenters. The molecule has 0 aliphatic rings. The third-order valence-corrected chi connectivity index (χ3v) is 3.01. The number of halogens is 1. The van der Waals surface area contributed by atoms with Crippen molar-refractivity contribution in [1.29, 1.82) is 0 Å². The Morgan fingerprint density at radius 3 is 2.80 bits per heavy atom. The van der Waals surface area contributed by atoms with Crippen LogP contribution in [0.1, 0.15) is 18.5 Å². The molecule has 2 aromatic rings. The second-order valence-corrected chi connectivity index (χ2v) is 4.49. The molecule has 20 heavy (non-hydrogen) atoms. The summed E-state index contributed by atoms with van der Waals surface area (Å²) in [5, 5.41) is 2.79. The zero-order chi connectivity index (χ0) is 14.5. The first-order valence-corrected chi connectivity index (χ1v) is 6.31. The summed E-state index contributed by atoms with van der Waals surface area (Å²) in [5.41, 5.74) is 7.98. The van der Waals surface area contributed by atoms with Gasteiger partial charge in [0.05, 0.1) is 12.6 Å². The van der Waals surface area contributed by atoms with Crippen LogP contribution >= 0.6 is 0 Å². The monoisotopic (exact) mass is 273 g/mol. The fourth-order valence-electron chi connectivity index (χ4n) is 1.92. The van der Waals surface area contributed by atoms with Crippen LogP contribution in [0.2, 0.25) is 0 Å². The fraction of sp³-hybridized carbons (Fsp3) is 0.200. The molecule has 0 saturated carbocycles. The molecule has 3 N–H and O–H groups in total. The van der Waals surface area contributed by atoms with E-state index in [0.717, 1.165) is 16.7 Å². The average Bonchev–Trinajstić information content (AvgIpc) is 2.48. The summed E-state index contributed by atoms with van der Waals surface area (Å²) in [6.07, 6.45) is 1.48. The summed E-state index contributed by atoms with van der Waals surface area (Å²) in [6, 6.07) is 10.5. The van der Waals surface area contributed by atoms with Crippen LogP contribution in [-0.2, 0) is 4.79 Å². The minimum Gasteiger partial charge on any atom is -0.348 e. The molecule has 0 bridgehead atoms. The highest BCUT2D eigenvalue weighted by Crippen LogP contribution is 2.22. The molecule has 2 rings (SSSR count). The van der Waals surface area contributed by atoms with Crippen molar-refractivity contribution >= 4 is 5.91 Å². The van der Waals surface area contributed by atoms with E-state index in [-0.39, 0.29) is 18.5 Å². The molecular weight excluding hydrogens is 257 g/mol. The Hall–Kier alpha value is -2.27. The van der Waals surface area contributed by atoms with E-state index in [1.807, 2.05) is 31.2 Å². The molecule has 5 heteroatoms. The Labute approximate surface area is 116 Å². The SMILES string of the molecule is CC(NC(=O)CN)c1cccc(-c2ccc(F)nc2)c1. The highest BCUT2D eigenvalue weighted by molar-refractivity contribution is 5.78. The molecule has 0 saturated heterocycles. The van der Waals surface area contributed by atoms with E-state index in [9.17, 15) is 9.18 Å². The normalized spacial score (nSPS) is 11.9. The molecule has 0 radical (unpaired) electrons. The molecule has 0 aliphatic heterocycles. The Morgan fingerprint density at radius 2 is 2.15 bits per heavy atom. The van der Waals surface area contributed by atoms with Crippen molar-refractivity contribution in [2.24, 2.45) is 5.73 Å². The van der Waals surface area contributed by atoms with E-state index >= 15 is 0 Å². The summed E-state index contributed by atoms with van der Waals surface area (Å²) >= 11 is 0. The maximum atomic E-state index is 12.8. The summed E-state index contributed by atoms with van der Waals surface area (Å²) in [7, 11) is 0. The zero-order valence-corrected chi connectivity index (χ0v) is 11.1. The first kappa shape index (κ1) is 14.1. The summed E-state index contributed by atoms with van der Waals surface area (Å²) in [5.74, 6) is -0.708. The number of nitrogens with two attached hydrogens (primary N) is 1. The van der Waals surface area contributed by atoms with Crippen molar-refractivity contribution in [2.45, 2.75) is 13.0 Å². The molecule has 0 fully saturated rings. The topological polar surface area (TPSA) is 68.0 Å². The number of hydrogen-bond donors (Lipinski definition) is 2. The molecule has 4 nitrogen and oxygen atoms in total. The molecule has 1 aromatic carbocycles. The lowest BCUT2D eigenvalue weighted by molar-refractivity contribution is -0.120. The van der Waals surface area contributed by atoms with Crippen LogP contribution in [0.5, 0.6) is 0 Å². The van der Waals surface area contributed by atoms with E-state index in [1.165, 1.54) is 12.3 Å². The van der Waals surface area contributed by atoms with E-state index in [4.69, 9.17) is 5.73 Å². The minimum atomic E-state index is -0.506. The van der Waals surface area contributed by atoms with Gasteiger partial charge in [0.15, 0.2) is 0 Å².